The SMILES string of the molecule is CCCCCNC(=O)c1ccc2c(ccn2Cc2ccc(C(=O)NS(=O)(=O)c3ccccc3)cc2OC)c1. The van der Waals surface area contributed by atoms with E-state index in [9.17, 15) is 18.0 Å². The van der Waals surface area contributed by atoms with Crippen molar-refractivity contribution in [3.63, 3.8) is 0 Å². The van der Waals surface area contributed by atoms with Gasteiger partial charge in [-0.05, 0) is 55.0 Å². The molecule has 0 aliphatic rings. The van der Waals surface area contributed by atoms with Crippen molar-refractivity contribution in [2.75, 3.05) is 13.7 Å². The zero-order valence-electron chi connectivity index (χ0n) is 21.4. The third-order valence-corrected chi connectivity index (χ3v) is 7.62. The standard InChI is InChI=1S/C29H31N3O5S/c1-3-4-8-16-30-28(33)22-13-14-26-21(18-22)15-17-32(26)20-24-12-11-23(19-27(24)37-2)29(34)31-38(35,36)25-9-6-5-7-10-25/h5-7,9-15,17-19H,3-4,8,16,20H2,1-2H3,(H,30,33)(H,31,34). The van der Waals surface area contributed by atoms with E-state index in [0.717, 1.165) is 35.7 Å². The maximum Gasteiger partial charge on any atom is 0.265 e. The number of carbonyl (C=O) groups is 2. The lowest BCUT2D eigenvalue weighted by Crippen LogP contribution is -2.30. The number of fused-ring (bicyclic) bond motifs is 1. The summed E-state index contributed by atoms with van der Waals surface area (Å²) in [6, 6.07) is 20.1. The van der Waals surface area contributed by atoms with Crippen molar-refractivity contribution in [3.05, 3.63) is 95.7 Å². The fourth-order valence-corrected chi connectivity index (χ4v) is 5.19. The van der Waals surface area contributed by atoms with E-state index < -0.39 is 15.9 Å². The summed E-state index contributed by atoms with van der Waals surface area (Å²) in [5.41, 5.74) is 2.54. The summed E-state index contributed by atoms with van der Waals surface area (Å²) in [7, 11) is -2.49. The highest BCUT2D eigenvalue weighted by atomic mass is 32.2. The number of amides is 2. The normalized spacial score (nSPS) is 11.3. The zero-order valence-corrected chi connectivity index (χ0v) is 22.3. The Labute approximate surface area is 222 Å². The molecule has 0 spiro atoms. The molecule has 1 heterocycles. The first-order chi connectivity index (χ1) is 18.3. The van der Waals surface area contributed by atoms with Gasteiger partial charge in [0, 0.05) is 40.3 Å². The molecule has 0 unspecified atom stereocenters. The third kappa shape index (κ3) is 6.23. The smallest absolute Gasteiger partial charge is 0.265 e. The highest BCUT2D eigenvalue weighted by Crippen LogP contribution is 2.25. The molecular formula is C29H31N3O5S. The summed E-state index contributed by atoms with van der Waals surface area (Å²) in [4.78, 5) is 25.2. The van der Waals surface area contributed by atoms with Crippen molar-refractivity contribution in [3.8, 4) is 5.75 Å². The Morgan fingerprint density at radius 2 is 1.63 bits per heavy atom. The van der Waals surface area contributed by atoms with Crippen LogP contribution in [0.25, 0.3) is 10.9 Å². The zero-order chi connectivity index (χ0) is 27.1. The van der Waals surface area contributed by atoms with Crippen LogP contribution in [0.4, 0.5) is 0 Å². The Balaban J connectivity index is 1.49. The number of nitrogens with one attached hydrogen (secondary N) is 2. The molecule has 8 nitrogen and oxygen atoms in total. The van der Waals surface area contributed by atoms with Gasteiger partial charge in [-0.2, -0.15) is 0 Å². The van der Waals surface area contributed by atoms with Crippen LogP contribution in [-0.2, 0) is 16.6 Å². The van der Waals surface area contributed by atoms with Gasteiger partial charge in [-0.25, -0.2) is 13.1 Å². The molecule has 0 saturated heterocycles. The Hall–Kier alpha value is -4.11. The van der Waals surface area contributed by atoms with Crippen LogP contribution in [-0.4, -0.2) is 38.5 Å². The molecule has 9 heteroatoms. The Bertz CT molecular complexity index is 1550. The Morgan fingerprint density at radius 3 is 2.37 bits per heavy atom. The molecule has 4 rings (SSSR count). The van der Waals surface area contributed by atoms with Crippen molar-refractivity contribution >= 4 is 32.7 Å². The molecule has 3 aromatic carbocycles. The van der Waals surface area contributed by atoms with Gasteiger partial charge in [0.05, 0.1) is 18.6 Å². The molecule has 1 aromatic heterocycles. The van der Waals surface area contributed by atoms with E-state index in [1.54, 1.807) is 30.3 Å². The minimum Gasteiger partial charge on any atom is -0.496 e. The second-order valence-corrected chi connectivity index (χ2v) is 10.6. The van der Waals surface area contributed by atoms with Gasteiger partial charge in [0.15, 0.2) is 0 Å². The van der Waals surface area contributed by atoms with E-state index in [0.29, 0.717) is 24.4 Å². The number of hydrogen-bond donors (Lipinski definition) is 2. The van der Waals surface area contributed by atoms with Crippen LogP contribution in [0.1, 0.15) is 52.5 Å². The fraction of sp³-hybridized carbons (Fsp3) is 0.241. The average molecular weight is 534 g/mol. The van der Waals surface area contributed by atoms with Crippen molar-refractivity contribution < 1.29 is 22.7 Å². The van der Waals surface area contributed by atoms with Gasteiger partial charge in [0.2, 0.25) is 0 Å². The van der Waals surface area contributed by atoms with Crippen molar-refractivity contribution in [1.82, 2.24) is 14.6 Å². The summed E-state index contributed by atoms with van der Waals surface area (Å²) < 4.78 is 34.7. The maximum atomic E-state index is 12.7. The number of hydrogen-bond acceptors (Lipinski definition) is 5. The van der Waals surface area contributed by atoms with Crippen molar-refractivity contribution in [2.45, 2.75) is 37.6 Å². The molecule has 0 bridgehead atoms. The third-order valence-electron chi connectivity index (χ3n) is 6.27. The molecule has 4 aromatic rings. The van der Waals surface area contributed by atoms with Crippen LogP contribution in [0.15, 0.2) is 83.9 Å². The first kappa shape index (κ1) is 26.9. The predicted octanol–water partition coefficient (Wildman–Crippen LogP) is 4.74. The number of nitrogens with zero attached hydrogens (tertiary/aromatic N) is 1. The summed E-state index contributed by atoms with van der Waals surface area (Å²) in [6.45, 7) is 3.25. The van der Waals surface area contributed by atoms with Crippen LogP contribution >= 0.6 is 0 Å². The highest BCUT2D eigenvalue weighted by molar-refractivity contribution is 7.90. The number of ether oxygens (including phenoxy) is 1. The minimum atomic E-state index is -3.99. The second-order valence-electron chi connectivity index (χ2n) is 8.95. The number of carbonyl (C=O) groups excluding carboxylic acids is 2. The minimum absolute atomic E-state index is 0.00792. The molecule has 0 saturated carbocycles. The number of benzene rings is 3. The van der Waals surface area contributed by atoms with Crippen molar-refractivity contribution in [1.29, 1.82) is 0 Å². The van der Waals surface area contributed by atoms with Gasteiger partial charge in [-0.1, -0.05) is 44.0 Å². The summed E-state index contributed by atoms with van der Waals surface area (Å²) in [5, 5.41) is 3.90. The Morgan fingerprint density at radius 1 is 0.895 bits per heavy atom. The monoisotopic (exact) mass is 533 g/mol. The predicted molar refractivity (Wildman–Crippen MR) is 147 cm³/mol. The Kier molecular flexibility index (Phi) is 8.48. The van der Waals surface area contributed by atoms with E-state index in [1.165, 1.54) is 25.3 Å². The van der Waals surface area contributed by atoms with Gasteiger partial charge in [-0.15, -0.1) is 0 Å². The van der Waals surface area contributed by atoms with Crippen LogP contribution in [0.5, 0.6) is 5.75 Å². The number of unbranched alkanes of at least 4 members (excludes halogenated alkanes) is 2. The summed E-state index contributed by atoms with van der Waals surface area (Å²) in [5.74, 6) is -0.370. The lowest BCUT2D eigenvalue weighted by molar-refractivity contribution is 0.0950. The number of sulfonamides is 1. The molecule has 0 atom stereocenters. The fourth-order valence-electron chi connectivity index (χ4n) is 4.20. The van der Waals surface area contributed by atoms with Crippen molar-refractivity contribution in [2.24, 2.45) is 0 Å². The first-order valence-corrected chi connectivity index (χ1v) is 14.0. The molecule has 2 N–H and O–H groups in total. The van der Waals surface area contributed by atoms with Gasteiger partial charge in [0.25, 0.3) is 21.8 Å². The van der Waals surface area contributed by atoms with E-state index in [-0.39, 0.29) is 16.4 Å². The number of aromatic nitrogens is 1. The number of methoxy groups -OCH3 is 1. The topological polar surface area (TPSA) is 107 Å². The molecular weight excluding hydrogens is 502 g/mol. The molecule has 0 aliphatic heterocycles. The molecule has 38 heavy (non-hydrogen) atoms. The highest BCUT2D eigenvalue weighted by Gasteiger charge is 2.19. The molecule has 2 amide bonds. The van der Waals surface area contributed by atoms with E-state index in [4.69, 9.17) is 4.74 Å². The lowest BCUT2D eigenvalue weighted by atomic mass is 10.1. The van der Waals surface area contributed by atoms with Gasteiger partial charge < -0.3 is 14.6 Å². The average Bonchev–Trinajstić information content (AvgIpc) is 3.33. The van der Waals surface area contributed by atoms with E-state index in [2.05, 4.69) is 17.0 Å². The molecule has 0 fully saturated rings. The summed E-state index contributed by atoms with van der Waals surface area (Å²) >= 11 is 0. The van der Waals surface area contributed by atoms with Crippen LogP contribution in [0.3, 0.4) is 0 Å². The van der Waals surface area contributed by atoms with Gasteiger partial charge in [-0.3, -0.25) is 9.59 Å². The molecule has 0 radical (unpaired) electrons. The second kappa shape index (κ2) is 12.0. The lowest BCUT2D eigenvalue weighted by Gasteiger charge is -2.13. The largest absolute Gasteiger partial charge is 0.496 e. The van der Waals surface area contributed by atoms with Crippen LogP contribution in [0, 0.1) is 0 Å². The maximum absolute atomic E-state index is 12.7. The van der Waals surface area contributed by atoms with Gasteiger partial charge >= 0.3 is 0 Å². The first-order valence-electron chi connectivity index (χ1n) is 12.5. The summed E-state index contributed by atoms with van der Waals surface area (Å²) in [6.07, 6.45) is 5.09. The molecule has 0 aliphatic carbocycles. The quantitative estimate of drug-likeness (QED) is 0.271. The van der Waals surface area contributed by atoms with Crippen LogP contribution in [0.2, 0.25) is 0 Å². The van der Waals surface area contributed by atoms with E-state index >= 15 is 0 Å². The number of rotatable bonds is 11. The van der Waals surface area contributed by atoms with E-state index in [1.807, 2.05) is 35.0 Å². The molecule has 198 valence electrons. The van der Waals surface area contributed by atoms with Gasteiger partial charge in [0.1, 0.15) is 5.75 Å². The van der Waals surface area contributed by atoms with Crippen LogP contribution < -0.4 is 14.8 Å².